The average molecular weight is 476 g/mol. The van der Waals surface area contributed by atoms with Crippen LogP contribution >= 0.6 is 0 Å². The molecule has 3 aromatic carbocycles. The van der Waals surface area contributed by atoms with Crippen molar-refractivity contribution in [1.82, 2.24) is 5.32 Å². The molecule has 1 heterocycles. The largest absolute Gasteiger partial charge is 0.468 e. The van der Waals surface area contributed by atoms with Gasteiger partial charge in [-0.2, -0.15) is 0 Å². The summed E-state index contributed by atoms with van der Waals surface area (Å²) in [5.74, 6) is -3.01. The second kappa shape index (κ2) is 10.3. The SMILES string of the molecule is CCOC(=O)C1(C(=O)OCC)[C@H](c2ccccc2)[C@@H](C(=O)OC)N[C@H]1c1cccc2ccccc12. The molecule has 1 aliphatic rings. The number of ether oxygens (including phenoxy) is 3. The third kappa shape index (κ3) is 4.06. The Labute approximate surface area is 204 Å². The third-order valence-electron chi connectivity index (χ3n) is 6.60. The molecule has 0 aromatic heterocycles. The number of carbonyl (C=O) groups excluding carboxylic acids is 3. The summed E-state index contributed by atoms with van der Waals surface area (Å²) in [4.78, 5) is 41.0. The minimum atomic E-state index is -1.88. The predicted molar refractivity (Wildman–Crippen MR) is 131 cm³/mol. The van der Waals surface area contributed by atoms with Gasteiger partial charge < -0.3 is 14.2 Å². The highest BCUT2D eigenvalue weighted by molar-refractivity contribution is 6.05. The Balaban J connectivity index is 2.07. The molecule has 0 unspecified atom stereocenters. The average Bonchev–Trinajstić information content (AvgIpc) is 3.25. The third-order valence-corrected chi connectivity index (χ3v) is 6.60. The number of fused-ring (bicyclic) bond motifs is 1. The smallest absolute Gasteiger partial charge is 0.326 e. The highest BCUT2D eigenvalue weighted by atomic mass is 16.6. The van der Waals surface area contributed by atoms with Gasteiger partial charge in [0.2, 0.25) is 0 Å². The molecule has 0 radical (unpaired) electrons. The van der Waals surface area contributed by atoms with Crippen LogP contribution in [0.5, 0.6) is 0 Å². The van der Waals surface area contributed by atoms with Gasteiger partial charge in [-0.25, -0.2) is 0 Å². The fraction of sp³-hybridized carbons (Fsp3) is 0.321. The summed E-state index contributed by atoms with van der Waals surface area (Å²) in [6.07, 6.45) is 0. The molecule has 0 spiro atoms. The van der Waals surface area contributed by atoms with Crippen molar-refractivity contribution in [3.63, 3.8) is 0 Å². The summed E-state index contributed by atoms with van der Waals surface area (Å²) in [5.41, 5.74) is -0.563. The molecule has 3 aromatic rings. The van der Waals surface area contributed by atoms with Gasteiger partial charge in [-0.15, -0.1) is 0 Å². The zero-order chi connectivity index (χ0) is 25.0. The second-order valence-electron chi connectivity index (χ2n) is 8.37. The van der Waals surface area contributed by atoms with Crippen LogP contribution in [0.4, 0.5) is 0 Å². The number of rotatable bonds is 7. The first kappa shape index (κ1) is 24.4. The van der Waals surface area contributed by atoms with Crippen molar-refractivity contribution in [2.75, 3.05) is 20.3 Å². The Morgan fingerprint density at radius 3 is 2.06 bits per heavy atom. The zero-order valence-corrected chi connectivity index (χ0v) is 20.0. The number of nitrogens with one attached hydrogen (secondary N) is 1. The lowest BCUT2D eigenvalue weighted by Gasteiger charge is -2.35. The van der Waals surface area contributed by atoms with E-state index in [-0.39, 0.29) is 13.2 Å². The summed E-state index contributed by atoms with van der Waals surface area (Å²) in [6, 6.07) is 20.5. The Morgan fingerprint density at radius 2 is 1.43 bits per heavy atom. The lowest BCUT2D eigenvalue weighted by Crippen LogP contribution is -2.49. The van der Waals surface area contributed by atoms with Crippen LogP contribution in [0.1, 0.15) is 36.9 Å². The van der Waals surface area contributed by atoms with Crippen LogP contribution in [0.3, 0.4) is 0 Å². The quantitative estimate of drug-likeness (QED) is 0.315. The molecule has 35 heavy (non-hydrogen) atoms. The van der Waals surface area contributed by atoms with Gasteiger partial charge in [-0.3, -0.25) is 19.7 Å². The number of hydrogen-bond acceptors (Lipinski definition) is 7. The number of esters is 3. The van der Waals surface area contributed by atoms with Crippen LogP contribution in [-0.4, -0.2) is 44.3 Å². The van der Waals surface area contributed by atoms with Crippen LogP contribution in [-0.2, 0) is 28.6 Å². The van der Waals surface area contributed by atoms with E-state index in [9.17, 15) is 14.4 Å². The topological polar surface area (TPSA) is 90.9 Å². The molecular weight excluding hydrogens is 446 g/mol. The van der Waals surface area contributed by atoms with Crippen molar-refractivity contribution < 1.29 is 28.6 Å². The van der Waals surface area contributed by atoms with Crippen LogP contribution < -0.4 is 5.32 Å². The van der Waals surface area contributed by atoms with Crippen molar-refractivity contribution in [2.45, 2.75) is 31.8 Å². The van der Waals surface area contributed by atoms with Crippen LogP contribution in [0.2, 0.25) is 0 Å². The Hall–Kier alpha value is -3.71. The van der Waals surface area contributed by atoms with Crippen molar-refractivity contribution in [3.05, 3.63) is 83.9 Å². The number of methoxy groups -OCH3 is 1. The fourth-order valence-electron chi connectivity index (χ4n) is 5.21. The van der Waals surface area contributed by atoms with Gasteiger partial charge in [0.15, 0.2) is 5.41 Å². The summed E-state index contributed by atoms with van der Waals surface area (Å²) in [5, 5.41) is 5.08. The van der Waals surface area contributed by atoms with E-state index >= 15 is 0 Å². The highest BCUT2D eigenvalue weighted by Gasteiger charge is 2.69. The summed E-state index contributed by atoms with van der Waals surface area (Å²) < 4.78 is 16.2. The Bertz CT molecular complexity index is 1200. The number of benzene rings is 3. The predicted octanol–water partition coefficient (Wildman–Crippen LogP) is 3.92. The van der Waals surface area contributed by atoms with Gasteiger partial charge in [0.25, 0.3) is 0 Å². The van der Waals surface area contributed by atoms with E-state index < -0.39 is 41.3 Å². The fourth-order valence-corrected chi connectivity index (χ4v) is 5.21. The first-order chi connectivity index (χ1) is 17.0. The summed E-state index contributed by atoms with van der Waals surface area (Å²) in [6.45, 7) is 3.49. The van der Waals surface area contributed by atoms with Crippen LogP contribution in [0.25, 0.3) is 10.8 Å². The Kier molecular flexibility index (Phi) is 7.17. The zero-order valence-electron chi connectivity index (χ0n) is 20.0. The van der Waals surface area contributed by atoms with Gasteiger partial charge in [0.1, 0.15) is 6.04 Å². The van der Waals surface area contributed by atoms with Gasteiger partial charge in [-0.05, 0) is 35.7 Å². The minimum Gasteiger partial charge on any atom is -0.468 e. The van der Waals surface area contributed by atoms with E-state index in [1.165, 1.54) is 7.11 Å². The maximum absolute atomic E-state index is 13.9. The first-order valence-electron chi connectivity index (χ1n) is 11.7. The minimum absolute atomic E-state index is 0.0621. The maximum Gasteiger partial charge on any atom is 0.326 e. The molecule has 4 rings (SSSR count). The molecule has 7 heteroatoms. The van der Waals surface area contributed by atoms with Gasteiger partial charge in [0.05, 0.1) is 26.4 Å². The molecule has 0 bridgehead atoms. The lowest BCUT2D eigenvalue weighted by atomic mass is 9.66. The van der Waals surface area contributed by atoms with Crippen molar-refractivity contribution in [1.29, 1.82) is 0 Å². The molecule has 1 N–H and O–H groups in total. The molecule has 1 fully saturated rings. The number of hydrogen-bond donors (Lipinski definition) is 1. The Morgan fingerprint density at radius 1 is 0.829 bits per heavy atom. The van der Waals surface area contributed by atoms with Gasteiger partial charge in [0, 0.05) is 5.92 Å². The molecule has 0 amide bonds. The van der Waals surface area contributed by atoms with Gasteiger partial charge >= 0.3 is 17.9 Å². The molecule has 0 saturated carbocycles. The van der Waals surface area contributed by atoms with Crippen molar-refractivity contribution >= 4 is 28.7 Å². The van der Waals surface area contributed by atoms with Gasteiger partial charge in [-0.1, -0.05) is 72.8 Å². The van der Waals surface area contributed by atoms with E-state index in [0.717, 1.165) is 10.8 Å². The molecule has 182 valence electrons. The molecule has 1 aliphatic heterocycles. The summed E-state index contributed by atoms with van der Waals surface area (Å²) >= 11 is 0. The lowest BCUT2D eigenvalue weighted by molar-refractivity contribution is -0.174. The van der Waals surface area contributed by atoms with E-state index in [2.05, 4.69) is 5.32 Å². The van der Waals surface area contributed by atoms with Crippen molar-refractivity contribution in [2.24, 2.45) is 5.41 Å². The van der Waals surface area contributed by atoms with E-state index in [4.69, 9.17) is 14.2 Å². The second-order valence-corrected chi connectivity index (χ2v) is 8.37. The maximum atomic E-state index is 13.9. The van der Waals surface area contributed by atoms with E-state index in [0.29, 0.717) is 11.1 Å². The molecule has 7 nitrogen and oxygen atoms in total. The summed E-state index contributed by atoms with van der Waals surface area (Å²) in [7, 11) is 1.29. The normalized spacial score (nSPS) is 20.8. The highest BCUT2D eigenvalue weighted by Crippen LogP contribution is 2.55. The molecule has 0 aliphatic carbocycles. The van der Waals surface area contributed by atoms with Crippen molar-refractivity contribution in [3.8, 4) is 0 Å². The molecule has 1 saturated heterocycles. The molecular formula is C28H29NO6. The van der Waals surface area contributed by atoms with E-state index in [1.807, 2.05) is 48.5 Å². The standard InChI is InChI=1S/C28H29NO6/c1-4-34-26(31)28(27(32)35-5-2)22(19-13-7-6-8-14-19)23(25(30)33-3)29-24(28)21-17-11-15-18-12-9-10-16-20(18)21/h6-17,22-24,29H,4-5H2,1-3H3/t22-,23+,24+/m1/s1. The monoisotopic (exact) mass is 475 g/mol. The van der Waals surface area contributed by atoms with Crippen LogP contribution in [0.15, 0.2) is 72.8 Å². The number of carbonyl (C=O) groups is 3. The van der Waals surface area contributed by atoms with E-state index in [1.54, 1.807) is 38.1 Å². The first-order valence-corrected chi connectivity index (χ1v) is 11.7. The van der Waals surface area contributed by atoms with Crippen LogP contribution in [0, 0.1) is 5.41 Å². The molecule has 3 atom stereocenters.